The highest BCUT2D eigenvalue weighted by molar-refractivity contribution is 6.02. The first-order valence-corrected chi connectivity index (χ1v) is 9.27. The fourth-order valence-electron chi connectivity index (χ4n) is 2.68. The fourth-order valence-corrected chi connectivity index (χ4v) is 2.68. The predicted octanol–water partition coefficient (Wildman–Crippen LogP) is 3.95. The van der Waals surface area contributed by atoms with E-state index < -0.39 is 0 Å². The van der Waals surface area contributed by atoms with Crippen molar-refractivity contribution in [3.05, 3.63) is 77.7 Å². The number of amides is 1. The third-order valence-electron chi connectivity index (χ3n) is 4.38. The Balaban J connectivity index is 1.49. The molecule has 144 valence electrons. The monoisotopic (exact) mass is 376 g/mol. The van der Waals surface area contributed by atoms with E-state index in [1.165, 1.54) is 17.3 Å². The number of methoxy groups -OCH3 is 1. The predicted molar refractivity (Wildman–Crippen MR) is 111 cm³/mol. The van der Waals surface area contributed by atoms with Gasteiger partial charge in [-0.05, 0) is 48.2 Å². The van der Waals surface area contributed by atoms with E-state index in [-0.39, 0.29) is 11.6 Å². The molecule has 0 radical (unpaired) electrons. The van der Waals surface area contributed by atoms with Crippen LogP contribution in [0, 0.1) is 0 Å². The van der Waals surface area contributed by atoms with Gasteiger partial charge < -0.3 is 15.4 Å². The van der Waals surface area contributed by atoms with Crippen LogP contribution in [-0.4, -0.2) is 29.5 Å². The highest BCUT2D eigenvalue weighted by Gasteiger charge is 2.08. The van der Waals surface area contributed by atoms with Crippen LogP contribution in [0.3, 0.4) is 0 Å². The van der Waals surface area contributed by atoms with Crippen molar-refractivity contribution in [2.45, 2.75) is 19.8 Å². The summed E-state index contributed by atoms with van der Waals surface area (Å²) in [5.41, 5.74) is 3.44. The molecule has 0 saturated carbocycles. The van der Waals surface area contributed by atoms with Gasteiger partial charge in [-0.25, -0.2) is 9.97 Å². The topological polar surface area (TPSA) is 76.1 Å². The van der Waals surface area contributed by atoms with Gasteiger partial charge in [-0.15, -0.1) is 0 Å². The number of nitrogens with one attached hydrogen (secondary N) is 2. The molecule has 1 amide bonds. The normalized spacial score (nSPS) is 10.4. The molecule has 28 heavy (non-hydrogen) atoms. The standard InChI is InChI=1S/C22H24N4O2/c1-3-16-4-8-18(9-5-16)26-22(27)20-14-25-21(15-24-20)23-13-12-17-6-10-19(28-2)11-7-17/h4-11,14-15H,3,12-13H2,1-2H3,(H,23,25)(H,26,27). The van der Waals surface area contributed by atoms with Crippen molar-refractivity contribution < 1.29 is 9.53 Å². The van der Waals surface area contributed by atoms with Crippen LogP contribution in [0.2, 0.25) is 0 Å². The van der Waals surface area contributed by atoms with Crippen molar-refractivity contribution in [3.8, 4) is 5.75 Å². The van der Waals surface area contributed by atoms with E-state index in [9.17, 15) is 4.79 Å². The first kappa shape index (κ1) is 19.4. The Kier molecular flexibility index (Phi) is 6.57. The average molecular weight is 376 g/mol. The molecular formula is C22H24N4O2. The highest BCUT2D eigenvalue weighted by Crippen LogP contribution is 2.13. The summed E-state index contributed by atoms with van der Waals surface area (Å²) in [5, 5.41) is 6.04. The first-order chi connectivity index (χ1) is 13.7. The van der Waals surface area contributed by atoms with Crippen molar-refractivity contribution in [3.63, 3.8) is 0 Å². The number of hydrogen-bond donors (Lipinski definition) is 2. The van der Waals surface area contributed by atoms with E-state index in [2.05, 4.69) is 27.5 Å². The summed E-state index contributed by atoms with van der Waals surface area (Å²) in [6, 6.07) is 15.7. The molecule has 0 fully saturated rings. The number of rotatable bonds is 8. The van der Waals surface area contributed by atoms with Crippen LogP contribution in [-0.2, 0) is 12.8 Å². The van der Waals surface area contributed by atoms with Crippen molar-refractivity contribution in [1.29, 1.82) is 0 Å². The maximum absolute atomic E-state index is 12.3. The summed E-state index contributed by atoms with van der Waals surface area (Å²) in [5.74, 6) is 1.21. The van der Waals surface area contributed by atoms with Crippen LogP contribution < -0.4 is 15.4 Å². The molecule has 0 unspecified atom stereocenters. The van der Waals surface area contributed by atoms with E-state index in [0.29, 0.717) is 5.82 Å². The molecule has 0 saturated heterocycles. The number of carbonyl (C=O) groups is 1. The summed E-state index contributed by atoms with van der Waals surface area (Å²) in [6.45, 7) is 2.81. The van der Waals surface area contributed by atoms with Gasteiger partial charge in [0.25, 0.3) is 5.91 Å². The number of hydrogen-bond acceptors (Lipinski definition) is 5. The number of aryl methyl sites for hydroxylation is 1. The van der Waals surface area contributed by atoms with Gasteiger partial charge in [0.15, 0.2) is 0 Å². The maximum Gasteiger partial charge on any atom is 0.275 e. The number of ether oxygens (including phenoxy) is 1. The second kappa shape index (κ2) is 9.50. The fraction of sp³-hybridized carbons (Fsp3) is 0.227. The molecule has 1 aromatic heterocycles. The Morgan fingerprint density at radius 2 is 1.68 bits per heavy atom. The van der Waals surface area contributed by atoms with E-state index >= 15 is 0 Å². The zero-order valence-corrected chi connectivity index (χ0v) is 16.1. The third kappa shape index (κ3) is 5.30. The van der Waals surface area contributed by atoms with Gasteiger partial charge in [-0.1, -0.05) is 31.2 Å². The maximum atomic E-state index is 12.3. The Morgan fingerprint density at radius 1 is 0.964 bits per heavy atom. The minimum Gasteiger partial charge on any atom is -0.497 e. The second-order valence-electron chi connectivity index (χ2n) is 6.32. The van der Waals surface area contributed by atoms with Crippen LogP contribution in [0.5, 0.6) is 5.75 Å². The van der Waals surface area contributed by atoms with E-state index in [4.69, 9.17) is 4.74 Å². The summed E-state index contributed by atoms with van der Waals surface area (Å²) in [7, 11) is 1.65. The van der Waals surface area contributed by atoms with Crippen LogP contribution in [0.1, 0.15) is 28.5 Å². The van der Waals surface area contributed by atoms with Gasteiger partial charge in [0.05, 0.1) is 19.5 Å². The van der Waals surface area contributed by atoms with Gasteiger partial charge in [-0.2, -0.15) is 0 Å². The molecule has 0 atom stereocenters. The number of anilines is 2. The highest BCUT2D eigenvalue weighted by atomic mass is 16.5. The SMILES string of the molecule is CCc1ccc(NC(=O)c2cnc(NCCc3ccc(OC)cc3)cn2)cc1. The van der Waals surface area contributed by atoms with Crippen molar-refractivity contribution >= 4 is 17.4 Å². The number of carbonyl (C=O) groups excluding carboxylic acids is 1. The lowest BCUT2D eigenvalue weighted by molar-refractivity contribution is 0.102. The van der Waals surface area contributed by atoms with Gasteiger partial charge in [0, 0.05) is 12.2 Å². The molecule has 0 bridgehead atoms. The Hall–Kier alpha value is -3.41. The lowest BCUT2D eigenvalue weighted by Gasteiger charge is -2.08. The Labute approximate surface area is 165 Å². The molecular weight excluding hydrogens is 352 g/mol. The molecule has 6 heteroatoms. The number of aromatic nitrogens is 2. The van der Waals surface area contributed by atoms with Crippen molar-refractivity contribution in [1.82, 2.24) is 9.97 Å². The zero-order valence-electron chi connectivity index (χ0n) is 16.1. The number of benzene rings is 2. The van der Waals surface area contributed by atoms with Gasteiger partial charge in [0.1, 0.15) is 17.3 Å². The van der Waals surface area contributed by atoms with Crippen LogP contribution in [0.25, 0.3) is 0 Å². The lowest BCUT2D eigenvalue weighted by atomic mass is 10.1. The van der Waals surface area contributed by atoms with Crippen molar-refractivity contribution in [2.24, 2.45) is 0 Å². The molecule has 0 spiro atoms. The first-order valence-electron chi connectivity index (χ1n) is 9.27. The van der Waals surface area contributed by atoms with Gasteiger partial charge in [-0.3, -0.25) is 4.79 Å². The zero-order chi connectivity index (χ0) is 19.8. The Bertz CT molecular complexity index is 891. The molecule has 2 N–H and O–H groups in total. The van der Waals surface area contributed by atoms with Crippen LogP contribution >= 0.6 is 0 Å². The summed E-state index contributed by atoms with van der Waals surface area (Å²) in [6.07, 6.45) is 4.86. The smallest absolute Gasteiger partial charge is 0.275 e. The minimum atomic E-state index is -0.276. The average Bonchev–Trinajstić information content (AvgIpc) is 2.75. The molecule has 0 aliphatic rings. The molecule has 3 rings (SSSR count). The van der Waals surface area contributed by atoms with E-state index in [0.717, 1.165) is 30.8 Å². The van der Waals surface area contributed by atoms with E-state index in [1.54, 1.807) is 13.3 Å². The molecule has 0 aliphatic heterocycles. The van der Waals surface area contributed by atoms with Crippen molar-refractivity contribution in [2.75, 3.05) is 24.3 Å². The quantitative estimate of drug-likeness (QED) is 0.622. The van der Waals surface area contributed by atoms with Crippen LogP contribution in [0.15, 0.2) is 60.9 Å². The van der Waals surface area contributed by atoms with Crippen LogP contribution in [0.4, 0.5) is 11.5 Å². The summed E-state index contributed by atoms with van der Waals surface area (Å²) >= 11 is 0. The third-order valence-corrected chi connectivity index (χ3v) is 4.38. The molecule has 3 aromatic rings. The van der Waals surface area contributed by atoms with Gasteiger partial charge in [0.2, 0.25) is 0 Å². The molecule has 1 heterocycles. The summed E-state index contributed by atoms with van der Waals surface area (Å²) < 4.78 is 5.15. The molecule has 6 nitrogen and oxygen atoms in total. The molecule has 2 aromatic carbocycles. The lowest BCUT2D eigenvalue weighted by Crippen LogP contribution is -2.15. The minimum absolute atomic E-state index is 0.276. The summed E-state index contributed by atoms with van der Waals surface area (Å²) in [4.78, 5) is 20.8. The number of nitrogens with zero attached hydrogens (tertiary/aromatic N) is 2. The second-order valence-corrected chi connectivity index (χ2v) is 6.32. The van der Waals surface area contributed by atoms with Gasteiger partial charge >= 0.3 is 0 Å². The largest absolute Gasteiger partial charge is 0.497 e. The molecule has 0 aliphatic carbocycles. The Morgan fingerprint density at radius 3 is 2.29 bits per heavy atom. The van der Waals surface area contributed by atoms with E-state index in [1.807, 2.05) is 48.5 Å².